The first-order chi connectivity index (χ1) is 16.6. The van der Waals surface area contributed by atoms with Crippen molar-refractivity contribution in [2.75, 3.05) is 7.11 Å². The predicted molar refractivity (Wildman–Crippen MR) is 131 cm³/mol. The van der Waals surface area contributed by atoms with Crippen LogP contribution in [0.1, 0.15) is 29.2 Å². The number of phenols is 1. The van der Waals surface area contributed by atoms with E-state index >= 15 is 0 Å². The van der Waals surface area contributed by atoms with Crippen molar-refractivity contribution in [3.05, 3.63) is 94.4 Å². The van der Waals surface area contributed by atoms with Crippen LogP contribution >= 0.6 is 11.8 Å². The lowest BCUT2D eigenvalue weighted by Crippen LogP contribution is -2.61. The maximum Gasteiger partial charge on any atom is 0.314 e. The number of aromatic hydroxyl groups is 1. The lowest BCUT2D eigenvalue weighted by atomic mass is 9.95. The van der Waals surface area contributed by atoms with E-state index < -0.39 is 5.85 Å². The highest BCUT2D eigenvalue weighted by Crippen LogP contribution is 2.52. The van der Waals surface area contributed by atoms with E-state index in [4.69, 9.17) is 14.6 Å². The smallest absolute Gasteiger partial charge is 0.314 e. The molecule has 3 aromatic rings. The standard InChI is InChI=1S/C26H21N3O4S/c1-32-23-13-16(11-12-21(23)30)14-24-26(27-25(31)34-24)29-20(18-9-5-6-10-22(18)33-26)15-19(28-29)17-7-3-2-4-8-17/h2-14,20,30H,15H2,1H3,(H,27,31)/b24-14-/t20-,26+/m1/s1. The van der Waals surface area contributed by atoms with Gasteiger partial charge in [-0.2, -0.15) is 5.10 Å². The summed E-state index contributed by atoms with van der Waals surface area (Å²) in [5.41, 5.74) is 3.76. The number of nitrogens with one attached hydrogen (secondary N) is 1. The average Bonchev–Trinajstić information content (AvgIpc) is 3.44. The Bertz CT molecular complexity index is 1360. The van der Waals surface area contributed by atoms with Gasteiger partial charge in [-0.25, -0.2) is 5.01 Å². The second kappa shape index (κ2) is 7.85. The highest BCUT2D eigenvalue weighted by atomic mass is 32.2. The van der Waals surface area contributed by atoms with E-state index in [0.717, 1.165) is 34.2 Å². The zero-order valence-electron chi connectivity index (χ0n) is 18.3. The molecule has 2 atom stereocenters. The fourth-order valence-corrected chi connectivity index (χ4v) is 5.51. The normalized spacial score (nSPS) is 23.9. The van der Waals surface area contributed by atoms with Crippen LogP contribution in [0.4, 0.5) is 4.79 Å². The molecule has 34 heavy (non-hydrogen) atoms. The fraction of sp³-hybridized carbons (Fsp3) is 0.154. The third-order valence-electron chi connectivity index (χ3n) is 6.19. The molecular weight excluding hydrogens is 450 g/mol. The quantitative estimate of drug-likeness (QED) is 0.553. The summed E-state index contributed by atoms with van der Waals surface area (Å²) in [7, 11) is 1.50. The molecule has 0 bridgehead atoms. The van der Waals surface area contributed by atoms with Gasteiger partial charge in [0.2, 0.25) is 0 Å². The van der Waals surface area contributed by atoms with E-state index in [1.807, 2.05) is 65.7 Å². The summed E-state index contributed by atoms with van der Waals surface area (Å²) in [5, 5.41) is 19.6. The SMILES string of the molecule is COc1cc(/C=C2\SC(=O)N[C@@]23Oc2ccccc2[C@H]2CC(c4ccccc4)=NN23)ccc1O. The first-order valence-electron chi connectivity index (χ1n) is 10.9. The van der Waals surface area contributed by atoms with E-state index in [2.05, 4.69) is 5.32 Å². The van der Waals surface area contributed by atoms with Crippen molar-refractivity contribution in [2.45, 2.75) is 18.3 Å². The second-order valence-corrected chi connectivity index (χ2v) is 9.23. The number of carbonyl (C=O) groups excluding carboxylic acids is 1. The van der Waals surface area contributed by atoms with Gasteiger partial charge in [-0.3, -0.25) is 10.1 Å². The van der Waals surface area contributed by atoms with E-state index in [1.165, 1.54) is 7.11 Å². The van der Waals surface area contributed by atoms with Crippen LogP contribution in [0.2, 0.25) is 0 Å². The van der Waals surface area contributed by atoms with Gasteiger partial charge in [0.05, 0.1) is 23.8 Å². The zero-order chi connectivity index (χ0) is 23.3. The van der Waals surface area contributed by atoms with Crippen molar-refractivity contribution >= 4 is 28.8 Å². The first-order valence-corrected chi connectivity index (χ1v) is 11.7. The Morgan fingerprint density at radius 1 is 1.18 bits per heavy atom. The number of carbonyl (C=O) groups is 1. The minimum atomic E-state index is -1.28. The molecule has 6 rings (SSSR count). The number of phenolic OH excluding ortho intramolecular Hbond substituents is 1. The summed E-state index contributed by atoms with van der Waals surface area (Å²) < 4.78 is 11.8. The van der Waals surface area contributed by atoms with Gasteiger partial charge >= 0.3 is 5.85 Å². The number of hydrogen-bond donors (Lipinski definition) is 2. The Hall–Kier alpha value is -3.91. The monoisotopic (exact) mass is 471 g/mol. The summed E-state index contributed by atoms with van der Waals surface area (Å²) in [4.78, 5) is 13.4. The van der Waals surface area contributed by atoms with Crippen LogP contribution in [0.3, 0.4) is 0 Å². The van der Waals surface area contributed by atoms with Crippen LogP contribution in [-0.4, -0.2) is 34.0 Å². The number of nitrogens with zero attached hydrogens (tertiary/aromatic N) is 2. The molecule has 2 N–H and O–H groups in total. The van der Waals surface area contributed by atoms with Crippen molar-refractivity contribution < 1.29 is 19.4 Å². The minimum absolute atomic E-state index is 0.0483. The molecule has 3 heterocycles. The molecule has 0 saturated carbocycles. The number of hydrogen-bond acceptors (Lipinski definition) is 7. The number of thioether (sulfide) groups is 1. The van der Waals surface area contributed by atoms with Gasteiger partial charge in [0.15, 0.2) is 11.5 Å². The zero-order valence-corrected chi connectivity index (χ0v) is 19.1. The number of ether oxygens (including phenoxy) is 2. The van der Waals surface area contributed by atoms with Crippen molar-refractivity contribution in [1.82, 2.24) is 10.3 Å². The van der Waals surface area contributed by atoms with Crippen molar-refractivity contribution in [1.29, 1.82) is 0 Å². The number of fused-ring (bicyclic) bond motifs is 4. The average molecular weight is 472 g/mol. The van der Waals surface area contributed by atoms with Gasteiger partial charge in [0.25, 0.3) is 5.24 Å². The Kier molecular flexibility index (Phi) is 4.77. The van der Waals surface area contributed by atoms with Crippen LogP contribution in [0, 0.1) is 0 Å². The van der Waals surface area contributed by atoms with Gasteiger partial charge in [-0.15, -0.1) is 0 Å². The first kappa shape index (κ1) is 20.7. The summed E-state index contributed by atoms with van der Waals surface area (Å²) in [6, 6.07) is 22.9. The summed E-state index contributed by atoms with van der Waals surface area (Å²) >= 11 is 1.08. The predicted octanol–water partition coefficient (Wildman–Crippen LogP) is 5.10. The van der Waals surface area contributed by atoms with E-state index in [-0.39, 0.29) is 17.0 Å². The maximum absolute atomic E-state index is 12.7. The van der Waals surface area contributed by atoms with Crippen LogP contribution in [-0.2, 0) is 0 Å². The van der Waals surface area contributed by atoms with E-state index in [0.29, 0.717) is 22.8 Å². The molecule has 0 aliphatic carbocycles. The molecule has 0 aromatic heterocycles. The summed E-state index contributed by atoms with van der Waals surface area (Å²) in [5.74, 6) is -0.163. The third kappa shape index (κ3) is 3.21. The number of para-hydroxylation sites is 1. The molecule has 3 aliphatic rings. The molecule has 170 valence electrons. The van der Waals surface area contributed by atoms with Crippen LogP contribution in [0.25, 0.3) is 6.08 Å². The molecule has 0 radical (unpaired) electrons. The van der Waals surface area contributed by atoms with Gasteiger partial charge in [0.1, 0.15) is 5.75 Å². The van der Waals surface area contributed by atoms with Crippen molar-refractivity contribution in [3.63, 3.8) is 0 Å². The molecule has 0 unspecified atom stereocenters. The summed E-state index contributed by atoms with van der Waals surface area (Å²) in [6.07, 6.45) is 2.55. The molecule has 8 heteroatoms. The van der Waals surface area contributed by atoms with Crippen molar-refractivity contribution in [2.24, 2.45) is 5.10 Å². The molecule has 1 saturated heterocycles. The Morgan fingerprint density at radius 2 is 1.97 bits per heavy atom. The molecule has 1 amide bonds. The summed E-state index contributed by atoms with van der Waals surface area (Å²) in [6.45, 7) is 0. The Morgan fingerprint density at radius 3 is 2.79 bits per heavy atom. The Balaban J connectivity index is 1.50. The van der Waals surface area contributed by atoms with Gasteiger partial charge in [-0.05, 0) is 47.2 Å². The molecule has 1 fully saturated rings. The number of benzene rings is 3. The molecular formula is C26H21N3O4S. The minimum Gasteiger partial charge on any atom is -0.504 e. The molecule has 3 aliphatic heterocycles. The molecule has 1 spiro atoms. The second-order valence-electron chi connectivity index (χ2n) is 8.22. The highest BCUT2D eigenvalue weighted by Gasteiger charge is 2.58. The molecule has 3 aromatic carbocycles. The lowest BCUT2D eigenvalue weighted by Gasteiger charge is -2.45. The van der Waals surface area contributed by atoms with Gasteiger partial charge < -0.3 is 14.6 Å². The maximum atomic E-state index is 12.7. The largest absolute Gasteiger partial charge is 0.504 e. The Labute approximate surface area is 200 Å². The van der Waals surface area contributed by atoms with Gasteiger partial charge in [0, 0.05) is 12.0 Å². The van der Waals surface area contributed by atoms with Crippen LogP contribution < -0.4 is 14.8 Å². The van der Waals surface area contributed by atoms with Crippen LogP contribution in [0.15, 0.2) is 82.8 Å². The highest BCUT2D eigenvalue weighted by molar-refractivity contribution is 8.17. The van der Waals surface area contributed by atoms with Crippen molar-refractivity contribution in [3.8, 4) is 17.2 Å². The molecule has 7 nitrogen and oxygen atoms in total. The van der Waals surface area contributed by atoms with E-state index in [9.17, 15) is 9.90 Å². The lowest BCUT2D eigenvalue weighted by molar-refractivity contribution is -0.0949. The number of methoxy groups -OCH3 is 1. The third-order valence-corrected chi connectivity index (χ3v) is 7.09. The topological polar surface area (TPSA) is 83.4 Å². The van der Waals surface area contributed by atoms with E-state index in [1.54, 1.807) is 18.2 Å². The van der Waals surface area contributed by atoms with Gasteiger partial charge in [-0.1, -0.05) is 54.6 Å². The van der Waals surface area contributed by atoms with Crippen LogP contribution in [0.5, 0.6) is 17.2 Å². The fourth-order valence-electron chi connectivity index (χ4n) is 4.61. The number of rotatable bonds is 3. The number of hydrazone groups is 1. The number of amides is 1.